The molecule has 2 N–H and O–H groups in total. The monoisotopic (exact) mass is 411 g/mol. The maximum Gasteiger partial charge on any atom is 0.244 e. The minimum atomic E-state index is 0.0770. The van der Waals surface area contributed by atoms with Crippen LogP contribution in [0.25, 0.3) is 0 Å². The van der Waals surface area contributed by atoms with Crippen LogP contribution in [0, 0.1) is 19.8 Å². The minimum absolute atomic E-state index is 0.0770. The van der Waals surface area contributed by atoms with Crippen molar-refractivity contribution in [3.05, 3.63) is 53.2 Å². The summed E-state index contributed by atoms with van der Waals surface area (Å²) in [5.74, 6) is 2.75. The number of piperidine rings is 1. The molecule has 0 spiro atoms. The van der Waals surface area contributed by atoms with Crippen LogP contribution < -0.4 is 10.6 Å². The highest BCUT2D eigenvalue weighted by molar-refractivity contribution is 5.84. The van der Waals surface area contributed by atoms with Crippen molar-refractivity contribution in [2.45, 2.75) is 46.6 Å². The molecule has 0 unspecified atom stereocenters. The third-order valence-electron chi connectivity index (χ3n) is 5.53. The van der Waals surface area contributed by atoms with Crippen LogP contribution in [-0.2, 0) is 17.8 Å². The second-order valence-corrected chi connectivity index (χ2v) is 7.81. The van der Waals surface area contributed by atoms with Crippen LogP contribution >= 0.6 is 0 Å². The smallest absolute Gasteiger partial charge is 0.244 e. The number of carbonyl (C=O) groups excluding carboxylic acids is 1. The molecule has 1 amide bonds. The molecule has 162 valence electrons. The molecule has 0 bridgehead atoms. The Hall–Kier alpha value is -2.83. The SMILES string of the molecule is CCNC(=NCC(=O)N1CCC(Cc2ccccc2)CC1)NCc1nc(C)c(C)o1. The van der Waals surface area contributed by atoms with E-state index in [2.05, 4.69) is 50.9 Å². The average Bonchev–Trinajstić information content (AvgIpc) is 3.08. The van der Waals surface area contributed by atoms with Gasteiger partial charge in [-0.05, 0) is 51.5 Å². The molecular weight excluding hydrogens is 378 g/mol. The first-order chi connectivity index (χ1) is 14.5. The number of benzene rings is 1. The van der Waals surface area contributed by atoms with Crippen molar-refractivity contribution in [1.82, 2.24) is 20.5 Å². The van der Waals surface area contributed by atoms with Crippen LogP contribution in [0.2, 0.25) is 0 Å². The van der Waals surface area contributed by atoms with Gasteiger partial charge in [0.1, 0.15) is 12.3 Å². The van der Waals surface area contributed by atoms with Crippen LogP contribution in [0.1, 0.15) is 42.7 Å². The van der Waals surface area contributed by atoms with Crippen molar-refractivity contribution in [3.63, 3.8) is 0 Å². The lowest BCUT2D eigenvalue weighted by Crippen LogP contribution is -2.41. The van der Waals surface area contributed by atoms with Crippen molar-refractivity contribution in [2.75, 3.05) is 26.2 Å². The predicted octanol–water partition coefficient (Wildman–Crippen LogP) is 2.83. The molecule has 0 radical (unpaired) electrons. The topological polar surface area (TPSA) is 82.8 Å². The number of aromatic nitrogens is 1. The summed E-state index contributed by atoms with van der Waals surface area (Å²) < 4.78 is 5.58. The molecule has 7 nitrogen and oxygen atoms in total. The Balaban J connectivity index is 1.45. The average molecular weight is 412 g/mol. The summed E-state index contributed by atoms with van der Waals surface area (Å²) in [4.78, 5) is 23.4. The van der Waals surface area contributed by atoms with E-state index < -0.39 is 0 Å². The molecule has 2 heterocycles. The van der Waals surface area contributed by atoms with Gasteiger partial charge in [0.05, 0.1) is 12.2 Å². The van der Waals surface area contributed by atoms with Gasteiger partial charge in [-0.15, -0.1) is 0 Å². The summed E-state index contributed by atoms with van der Waals surface area (Å²) >= 11 is 0. The van der Waals surface area contributed by atoms with E-state index in [-0.39, 0.29) is 12.5 Å². The number of aryl methyl sites for hydroxylation is 2. The highest BCUT2D eigenvalue weighted by Crippen LogP contribution is 2.21. The molecule has 1 aromatic heterocycles. The summed E-state index contributed by atoms with van der Waals surface area (Å²) in [5, 5.41) is 6.35. The van der Waals surface area contributed by atoms with Gasteiger partial charge >= 0.3 is 0 Å². The maximum absolute atomic E-state index is 12.6. The molecule has 1 aliphatic heterocycles. The van der Waals surface area contributed by atoms with Crippen LogP contribution in [0.3, 0.4) is 0 Å². The first-order valence-electron chi connectivity index (χ1n) is 10.8. The lowest BCUT2D eigenvalue weighted by atomic mass is 9.90. The Kier molecular flexibility index (Phi) is 7.88. The Labute approximate surface area is 179 Å². The zero-order valence-corrected chi connectivity index (χ0v) is 18.3. The number of amides is 1. The van der Waals surface area contributed by atoms with Gasteiger partial charge in [0.15, 0.2) is 5.96 Å². The molecule has 1 aromatic carbocycles. The van der Waals surface area contributed by atoms with Gasteiger partial charge in [-0.3, -0.25) is 4.79 Å². The van der Waals surface area contributed by atoms with Crippen LogP contribution in [0.4, 0.5) is 0 Å². The van der Waals surface area contributed by atoms with Crippen LogP contribution in [-0.4, -0.2) is 47.9 Å². The number of rotatable bonds is 7. The number of carbonyl (C=O) groups is 1. The molecule has 0 aliphatic carbocycles. The van der Waals surface area contributed by atoms with Gasteiger partial charge < -0.3 is 20.0 Å². The molecule has 1 saturated heterocycles. The molecule has 3 rings (SSSR count). The fourth-order valence-electron chi connectivity index (χ4n) is 3.70. The van der Waals surface area contributed by atoms with Gasteiger partial charge in [-0.1, -0.05) is 30.3 Å². The number of oxazole rings is 1. The molecule has 1 fully saturated rings. The molecule has 1 aliphatic rings. The van der Waals surface area contributed by atoms with Crippen molar-refractivity contribution < 1.29 is 9.21 Å². The summed E-state index contributed by atoms with van der Waals surface area (Å²) in [6, 6.07) is 10.6. The van der Waals surface area contributed by atoms with Gasteiger partial charge in [-0.25, -0.2) is 9.98 Å². The summed E-state index contributed by atoms with van der Waals surface area (Å²) in [6.45, 7) is 8.72. The second-order valence-electron chi connectivity index (χ2n) is 7.81. The first kappa shape index (κ1) is 21.9. The quantitative estimate of drug-likeness (QED) is 0.541. The number of likely N-dealkylation sites (tertiary alicyclic amines) is 1. The van der Waals surface area contributed by atoms with Gasteiger partial charge in [0, 0.05) is 19.6 Å². The molecule has 2 aromatic rings. The van der Waals surface area contributed by atoms with E-state index >= 15 is 0 Å². The molecule has 0 saturated carbocycles. The third kappa shape index (κ3) is 6.34. The second kappa shape index (κ2) is 10.8. The number of nitrogens with zero attached hydrogens (tertiary/aromatic N) is 3. The van der Waals surface area contributed by atoms with Gasteiger partial charge in [-0.2, -0.15) is 0 Å². The predicted molar refractivity (Wildman–Crippen MR) is 118 cm³/mol. The Morgan fingerprint density at radius 1 is 1.20 bits per heavy atom. The molecular formula is C23H33N5O2. The highest BCUT2D eigenvalue weighted by Gasteiger charge is 2.22. The van der Waals surface area contributed by atoms with E-state index in [9.17, 15) is 4.79 Å². The molecule has 30 heavy (non-hydrogen) atoms. The third-order valence-corrected chi connectivity index (χ3v) is 5.53. The lowest BCUT2D eigenvalue weighted by molar-refractivity contribution is -0.130. The van der Waals surface area contributed by atoms with Crippen molar-refractivity contribution in [2.24, 2.45) is 10.9 Å². The van der Waals surface area contributed by atoms with E-state index in [4.69, 9.17) is 4.42 Å². The first-order valence-corrected chi connectivity index (χ1v) is 10.8. The molecule has 7 heteroatoms. The Morgan fingerprint density at radius 2 is 1.93 bits per heavy atom. The summed E-state index contributed by atoms with van der Waals surface area (Å²) in [6.07, 6.45) is 3.19. The van der Waals surface area contributed by atoms with Crippen molar-refractivity contribution in [3.8, 4) is 0 Å². The van der Waals surface area contributed by atoms with Crippen molar-refractivity contribution >= 4 is 11.9 Å². The summed E-state index contributed by atoms with van der Waals surface area (Å²) in [5.41, 5.74) is 2.27. The van der Waals surface area contributed by atoms with E-state index in [1.165, 1.54) is 5.56 Å². The van der Waals surface area contributed by atoms with Gasteiger partial charge in [0.2, 0.25) is 11.8 Å². The number of aliphatic imine (C=N–C) groups is 1. The highest BCUT2D eigenvalue weighted by atomic mass is 16.4. The standard InChI is InChI=1S/C23H33N5O2/c1-4-24-23(25-15-21-27-17(2)18(3)30-21)26-16-22(29)28-12-10-20(11-13-28)14-19-8-6-5-7-9-19/h5-9,20H,4,10-16H2,1-3H3,(H2,24,25,26). The van der Waals surface area contributed by atoms with E-state index in [0.717, 1.165) is 43.8 Å². The largest absolute Gasteiger partial charge is 0.444 e. The van der Waals surface area contributed by atoms with E-state index in [1.54, 1.807) is 0 Å². The number of guanidine groups is 1. The lowest BCUT2D eigenvalue weighted by Gasteiger charge is -2.31. The van der Waals surface area contributed by atoms with E-state index in [1.807, 2.05) is 25.7 Å². The number of nitrogens with one attached hydrogen (secondary N) is 2. The zero-order valence-electron chi connectivity index (χ0n) is 18.3. The number of hydrogen-bond acceptors (Lipinski definition) is 4. The molecule has 0 atom stereocenters. The Bertz CT molecular complexity index is 819. The van der Waals surface area contributed by atoms with Crippen LogP contribution in [0.5, 0.6) is 0 Å². The maximum atomic E-state index is 12.6. The minimum Gasteiger partial charge on any atom is -0.444 e. The van der Waals surface area contributed by atoms with E-state index in [0.29, 0.717) is 30.9 Å². The normalized spacial score (nSPS) is 15.3. The Morgan fingerprint density at radius 3 is 2.57 bits per heavy atom. The fourth-order valence-corrected chi connectivity index (χ4v) is 3.70. The van der Waals surface area contributed by atoms with Crippen molar-refractivity contribution in [1.29, 1.82) is 0 Å². The summed E-state index contributed by atoms with van der Waals surface area (Å²) in [7, 11) is 0. The van der Waals surface area contributed by atoms with Crippen LogP contribution in [0.15, 0.2) is 39.7 Å². The zero-order chi connectivity index (χ0) is 21.3. The number of hydrogen-bond donors (Lipinski definition) is 2. The fraction of sp³-hybridized carbons (Fsp3) is 0.522. The van der Waals surface area contributed by atoms with Gasteiger partial charge in [0.25, 0.3) is 0 Å².